The Hall–Kier alpha value is -1.72. The van der Waals surface area contributed by atoms with Gasteiger partial charge in [-0.3, -0.25) is 4.79 Å². The third-order valence-corrected chi connectivity index (χ3v) is 4.87. The lowest BCUT2D eigenvalue weighted by Crippen LogP contribution is -2.37. The fourth-order valence-corrected chi connectivity index (χ4v) is 3.38. The molecule has 0 saturated heterocycles. The van der Waals surface area contributed by atoms with Crippen molar-refractivity contribution in [2.75, 3.05) is 12.3 Å². The van der Waals surface area contributed by atoms with Crippen molar-refractivity contribution in [3.05, 3.63) is 64.4 Å². The lowest BCUT2D eigenvalue weighted by Gasteiger charge is -2.15. The minimum Gasteiger partial charge on any atom is -0.481 e. The zero-order chi connectivity index (χ0) is 18.2. The maximum absolute atomic E-state index is 13.6. The van der Waals surface area contributed by atoms with E-state index in [9.17, 15) is 9.18 Å². The van der Waals surface area contributed by atoms with Crippen LogP contribution in [-0.4, -0.2) is 24.3 Å². The summed E-state index contributed by atoms with van der Waals surface area (Å²) in [4.78, 5) is 12.0. The molecule has 0 aliphatic heterocycles. The average molecular weight is 382 g/mol. The van der Waals surface area contributed by atoms with Gasteiger partial charge in [0.15, 0.2) is 6.10 Å². The van der Waals surface area contributed by atoms with E-state index in [1.165, 1.54) is 17.8 Å². The largest absolute Gasteiger partial charge is 0.481 e. The molecule has 134 valence electrons. The van der Waals surface area contributed by atoms with E-state index in [1.807, 2.05) is 31.2 Å². The SMILES string of the molecule is Cc1cccc(O[C@H](C)C(=O)NCCSCc2c(F)cccc2Cl)c1. The van der Waals surface area contributed by atoms with Crippen LogP contribution in [0, 0.1) is 12.7 Å². The van der Waals surface area contributed by atoms with Gasteiger partial charge in [0.05, 0.1) is 0 Å². The zero-order valence-corrected chi connectivity index (χ0v) is 15.8. The van der Waals surface area contributed by atoms with Crippen LogP contribution in [0.2, 0.25) is 5.02 Å². The average Bonchev–Trinajstić information content (AvgIpc) is 2.56. The summed E-state index contributed by atoms with van der Waals surface area (Å²) in [6.07, 6.45) is -0.576. The van der Waals surface area contributed by atoms with Crippen molar-refractivity contribution in [3.8, 4) is 5.75 Å². The van der Waals surface area contributed by atoms with Crippen LogP contribution in [0.15, 0.2) is 42.5 Å². The Bertz CT molecular complexity index is 706. The molecule has 0 fully saturated rings. The molecule has 0 aromatic heterocycles. The molecule has 0 heterocycles. The Morgan fingerprint density at radius 1 is 1.32 bits per heavy atom. The number of halogens is 2. The minimum atomic E-state index is -0.576. The number of aryl methyl sites for hydroxylation is 1. The molecule has 0 saturated carbocycles. The first-order valence-electron chi connectivity index (χ1n) is 7.99. The summed E-state index contributed by atoms with van der Waals surface area (Å²) < 4.78 is 19.3. The first kappa shape index (κ1) is 19.6. The third-order valence-electron chi connectivity index (χ3n) is 3.53. The van der Waals surface area contributed by atoms with Gasteiger partial charge in [-0.1, -0.05) is 29.8 Å². The van der Waals surface area contributed by atoms with Gasteiger partial charge in [-0.25, -0.2) is 4.39 Å². The molecule has 2 rings (SSSR count). The molecule has 1 atom stereocenters. The molecule has 0 bridgehead atoms. The molecule has 1 N–H and O–H groups in total. The number of carbonyl (C=O) groups is 1. The van der Waals surface area contributed by atoms with Crippen LogP contribution in [0.1, 0.15) is 18.1 Å². The van der Waals surface area contributed by atoms with E-state index in [-0.39, 0.29) is 11.7 Å². The van der Waals surface area contributed by atoms with Crippen molar-refractivity contribution in [1.82, 2.24) is 5.32 Å². The monoisotopic (exact) mass is 381 g/mol. The summed E-state index contributed by atoms with van der Waals surface area (Å²) in [6.45, 7) is 4.16. The van der Waals surface area contributed by atoms with Crippen LogP contribution in [0.5, 0.6) is 5.75 Å². The van der Waals surface area contributed by atoms with Crippen LogP contribution in [0.25, 0.3) is 0 Å². The van der Waals surface area contributed by atoms with Gasteiger partial charge in [0, 0.05) is 28.6 Å². The number of rotatable bonds is 8. The van der Waals surface area contributed by atoms with Crippen LogP contribution in [-0.2, 0) is 10.5 Å². The number of amides is 1. The maximum atomic E-state index is 13.6. The molecule has 6 heteroatoms. The van der Waals surface area contributed by atoms with Crippen LogP contribution in [0.4, 0.5) is 4.39 Å². The second-order valence-corrected chi connectivity index (χ2v) is 7.13. The van der Waals surface area contributed by atoms with Crippen LogP contribution in [0.3, 0.4) is 0 Å². The molecular formula is C19H21ClFNO2S. The van der Waals surface area contributed by atoms with Crippen molar-refractivity contribution in [2.24, 2.45) is 0 Å². The van der Waals surface area contributed by atoms with E-state index < -0.39 is 6.10 Å². The first-order chi connectivity index (χ1) is 12.0. The lowest BCUT2D eigenvalue weighted by atomic mass is 10.2. The minimum absolute atomic E-state index is 0.175. The third kappa shape index (κ3) is 6.25. The van der Waals surface area contributed by atoms with Crippen molar-refractivity contribution in [1.29, 1.82) is 0 Å². The molecule has 2 aromatic rings. The second-order valence-electron chi connectivity index (χ2n) is 5.62. The highest BCUT2D eigenvalue weighted by Crippen LogP contribution is 2.23. The first-order valence-corrected chi connectivity index (χ1v) is 9.52. The predicted molar refractivity (Wildman–Crippen MR) is 102 cm³/mol. The number of hydrogen-bond acceptors (Lipinski definition) is 3. The maximum Gasteiger partial charge on any atom is 0.260 e. The van der Waals surface area contributed by atoms with Gasteiger partial charge in [0.25, 0.3) is 5.91 Å². The van der Waals surface area contributed by atoms with Crippen LogP contribution >= 0.6 is 23.4 Å². The van der Waals surface area contributed by atoms with Crippen molar-refractivity contribution >= 4 is 29.3 Å². The van der Waals surface area contributed by atoms with E-state index >= 15 is 0 Å². The van der Waals surface area contributed by atoms with E-state index in [2.05, 4.69) is 5.32 Å². The Balaban J connectivity index is 1.69. The number of nitrogens with one attached hydrogen (secondary N) is 1. The molecule has 0 radical (unpaired) electrons. The Labute approximate surface area is 156 Å². The highest BCUT2D eigenvalue weighted by Gasteiger charge is 2.14. The highest BCUT2D eigenvalue weighted by molar-refractivity contribution is 7.98. The number of carbonyl (C=O) groups excluding carboxylic acids is 1. The smallest absolute Gasteiger partial charge is 0.260 e. The lowest BCUT2D eigenvalue weighted by molar-refractivity contribution is -0.127. The molecule has 3 nitrogen and oxygen atoms in total. The fourth-order valence-electron chi connectivity index (χ4n) is 2.18. The second kappa shape index (κ2) is 9.68. The number of hydrogen-bond donors (Lipinski definition) is 1. The summed E-state index contributed by atoms with van der Waals surface area (Å²) in [5, 5.41) is 3.25. The topological polar surface area (TPSA) is 38.3 Å². The van der Waals surface area contributed by atoms with Gasteiger partial charge in [-0.2, -0.15) is 11.8 Å². The van der Waals surface area contributed by atoms with E-state index in [0.717, 1.165) is 5.56 Å². The summed E-state index contributed by atoms with van der Waals surface area (Å²) >= 11 is 7.50. The highest BCUT2D eigenvalue weighted by atomic mass is 35.5. The van der Waals surface area contributed by atoms with Gasteiger partial charge in [-0.05, 0) is 43.7 Å². The van der Waals surface area contributed by atoms with E-state index in [4.69, 9.17) is 16.3 Å². The van der Waals surface area contributed by atoms with Gasteiger partial charge in [0.2, 0.25) is 0 Å². The quantitative estimate of drug-likeness (QED) is 0.679. The summed E-state index contributed by atoms with van der Waals surface area (Å²) in [5.74, 6) is 1.33. The Morgan fingerprint density at radius 2 is 2.08 bits per heavy atom. The molecular weight excluding hydrogens is 361 g/mol. The molecule has 1 amide bonds. The fraction of sp³-hybridized carbons (Fsp3) is 0.316. The van der Waals surface area contributed by atoms with Crippen molar-refractivity contribution < 1.29 is 13.9 Å². The van der Waals surface area contributed by atoms with Crippen LogP contribution < -0.4 is 10.1 Å². The van der Waals surface area contributed by atoms with Gasteiger partial charge in [-0.15, -0.1) is 0 Å². The number of ether oxygens (including phenoxy) is 1. The molecule has 0 aliphatic rings. The molecule has 0 unspecified atom stereocenters. The van der Waals surface area contributed by atoms with Gasteiger partial charge >= 0.3 is 0 Å². The van der Waals surface area contributed by atoms with E-state index in [0.29, 0.717) is 34.4 Å². The summed E-state index contributed by atoms with van der Waals surface area (Å²) in [7, 11) is 0. The number of benzene rings is 2. The Kier molecular flexibility index (Phi) is 7.59. The molecule has 25 heavy (non-hydrogen) atoms. The van der Waals surface area contributed by atoms with Gasteiger partial charge in [0.1, 0.15) is 11.6 Å². The van der Waals surface area contributed by atoms with E-state index in [1.54, 1.807) is 19.1 Å². The number of thioether (sulfide) groups is 1. The molecule has 0 aliphatic carbocycles. The molecule has 2 aromatic carbocycles. The predicted octanol–water partition coefficient (Wildman–Crippen LogP) is 4.60. The van der Waals surface area contributed by atoms with Crippen molar-refractivity contribution in [3.63, 3.8) is 0 Å². The van der Waals surface area contributed by atoms with Crippen molar-refractivity contribution in [2.45, 2.75) is 25.7 Å². The summed E-state index contributed by atoms with van der Waals surface area (Å²) in [6, 6.07) is 12.2. The molecule has 0 spiro atoms. The Morgan fingerprint density at radius 3 is 2.80 bits per heavy atom. The standard InChI is InChI=1S/C19H21ClFNO2S/c1-13-5-3-6-15(11-13)24-14(2)19(23)22-9-10-25-12-16-17(20)7-4-8-18(16)21/h3-8,11,14H,9-10,12H2,1-2H3,(H,22,23)/t14-/m1/s1. The van der Waals surface area contributed by atoms with Gasteiger partial charge < -0.3 is 10.1 Å². The summed E-state index contributed by atoms with van der Waals surface area (Å²) in [5.41, 5.74) is 1.57. The normalized spacial score (nSPS) is 11.8. The zero-order valence-electron chi connectivity index (χ0n) is 14.2.